The van der Waals surface area contributed by atoms with Crippen LogP contribution in [0.5, 0.6) is 5.75 Å². The zero-order valence-corrected chi connectivity index (χ0v) is 16.9. The molecule has 0 saturated carbocycles. The van der Waals surface area contributed by atoms with E-state index in [1.165, 1.54) is 6.07 Å². The molecule has 2 aromatic carbocycles. The molecule has 0 saturated heterocycles. The molecule has 0 spiro atoms. The maximum atomic E-state index is 14.8. The van der Waals surface area contributed by atoms with E-state index >= 15 is 0 Å². The highest BCUT2D eigenvalue weighted by atomic mass is 19.1. The van der Waals surface area contributed by atoms with E-state index in [4.69, 9.17) is 9.26 Å². The number of fused-ring (bicyclic) bond motifs is 2. The summed E-state index contributed by atoms with van der Waals surface area (Å²) in [7, 11) is 0. The minimum absolute atomic E-state index is 0.00535. The van der Waals surface area contributed by atoms with Gasteiger partial charge in [0.2, 0.25) is 5.95 Å². The summed E-state index contributed by atoms with van der Waals surface area (Å²) >= 11 is 0. The van der Waals surface area contributed by atoms with Crippen LogP contribution in [-0.4, -0.2) is 34.3 Å². The van der Waals surface area contributed by atoms with Gasteiger partial charge >= 0.3 is 0 Å². The minimum atomic E-state index is -0.650. The van der Waals surface area contributed by atoms with Crippen molar-refractivity contribution in [2.45, 2.75) is 19.9 Å². The Morgan fingerprint density at radius 2 is 1.97 bits per heavy atom. The molecule has 0 radical (unpaired) electrons. The van der Waals surface area contributed by atoms with E-state index in [0.29, 0.717) is 35.7 Å². The van der Waals surface area contributed by atoms with Gasteiger partial charge in [-0.1, -0.05) is 5.16 Å². The van der Waals surface area contributed by atoms with E-state index in [1.807, 2.05) is 30.9 Å². The maximum Gasteiger partial charge on any atom is 0.227 e. The predicted molar refractivity (Wildman–Crippen MR) is 113 cm³/mol. The lowest BCUT2D eigenvalue weighted by Gasteiger charge is -2.34. The summed E-state index contributed by atoms with van der Waals surface area (Å²) in [5.41, 5.74) is 2.13. The molecule has 0 fully saturated rings. The first kappa shape index (κ1) is 19.2. The Balaban J connectivity index is 1.53. The van der Waals surface area contributed by atoms with E-state index in [9.17, 15) is 8.78 Å². The van der Waals surface area contributed by atoms with Crippen molar-refractivity contribution in [3.8, 4) is 17.0 Å². The molecule has 0 atom stereocenters. The van der Waals surface area contributed by atoms with Crippen LogP contribution in [-0.2, 0) is 0 Å². The fraction of sp³-hybridized carbons (Fsp3) is 0.227. The van der Waals surface area contributed by atoms with Crippen molar-refractivity contribution in [2.24, 2.45) is 0 Å². The number of hydrogen-bond donors (Lipinski definition) is 1. The number of nitrogens with one attached hydrogen (secondary N) is 1. The summed E-state index contributed by atoms with van der Waals surface area (Å²) < 4.78 is 40.1. The molecule has 0 amide bonds. The van der Waals surface area contributed by atoms with Gasteiger partial charge in [-0.05, 0) is 38.1 Å². The SMILES string of the molecule is CC(C)N1CCOc2c(F)cc(-c3nc(Nc4ccc5cnoc5c4)ncc3F)cc21. The van der Waals surface area contributed by atoms with Crippen molar-refractivity contribution in [3.63, 3.8) is 0 Å². The van der Waals surface area contributed by atoms with E-state index in [-0.39, 0.29) is 23.4 Å². The summed E-state index contributed by atoms with van der Waals surface area (Å²) in [5.74, 6) is -0.855. The molecule has 31 heavy (non-hydrogen) atoms. The van der Waals surface area contributed by atoms with Crippen LogP contribution in [0, 0.1) is 11.6 Å². The second kappa shape index (κ2) is 7.50. The highest BCUT2D eigenvalue weighted by molar-refractivity contribution is 5.80. The molecular weight excluding hydrogens is 404 g/mol. The lowest BCUT2D eigenvalue weighted by Crippen LogP contribution is -2.38. The highest BCUT2D eigenvalue weighted by Gasteiger charge is 2.25. The number of anilines is 3. The standard InChI is InChI=1S/C22H19F2N5O2/c1-12(2)29-5-6-30-21-16(23)7-14(8-18(21)29)20-17(24)11-25-22(28-20)27-15-4-3-13-10-26-31-19(13)9-15/h3-4,7-12H,5-6H2,1-2H3,(H,25,27,28). The average molecular weight is 423 g/mol. The van der Waals surface area contributed by atoms with Gasteiger partial charge in [0.05, 0.1) is 24.6 Å². The van der Waals surface area contributed by atoms with Gasteiger partial charge in [-0.3, -0.25) is 0 Å². The zero-order valence-electron chi connectivity index (χ0n) is 16.9. The van der Waals surface area contributed by atoms with Crippen molar-refractivity contribution in [1.82, 2.24) is 15.1 Å². The normalized spacial score (nSPS) is 13.4. The first-order valence-corrected chi connectivity index (χ1v) is 9.87. The Hall–Kier alpha value is -3.75. The third kappa shape index (κ3) is 3.52. The number of aromatic nitrogens is 3. The largest absolute Gasteiger partial charge is 0.486 e. The number of hydrogen-bond acceptors (Lipinski definition) is 7. The van der Waals surface area contributed by atoms with Gasteiger partial charge in [0.15, 0.2) is 23.0 Å². The van der Waals surface area contributed by atoms with Gasteiger partial charge in [-0.2, -0.15) is 0 Å². The van der Waals surface area contributed by atoms with E-state index in [0.717, 1.165) is 11.6 Å². The van der Waals surface area contributed by atoms with Gasteiger partial charge in [0, 0.05) is 28.7 Å². The van der Waals surface area contributed by atoms with Crippen LogP contribution in [0.4, 0.5) is 26.1 Å². The van der Waals surface area contributed by atoms with Crippen LogP contribution in [0.15, 0.2) is 47.2 Å². The molecule has 0 unspecified atom stereocenters. The van der Waals surface area contributed by atoms with E-state index in [2.05, 4.69) is 20.4 Å². The molecule has 0 aliphatic carbocycles. The molecule has 1 aliphatic rings. The number of benzene rings is 2. The second-order valence-corrected chi connectivity index (χ2v) is 7.54. The third-order valence-corrected chi connectivity index (χ3v) is 5.17. The number of rotatable bonds is 4. The number of ether oxygens (including phenoxy) is 1. The Kier molecular flexibility index (Phi) is 4.65. The second-order valence-electron chi connectivity index (χ2n) is 7.54. The molecular formula is C22H19F2N5O2. The van der Waals surface area contributed by atoms with Gasteiger partial charge < -0.3 is 19.5 Å². The fourth-order valence-corrected chi connectivity index (χ4v) is 3.67. The van der Waals surface area contributed by atoms with Crippen LogP contribution in [0.2, 0.25) is 0 Å². The van der Waals surface area contributed by atoms with E-state index in [1.54, 1.807) is 18.3 Å². The molecule has 158 valence electrons. The lowest BCUT2D eigenvalue weighted by atomic mass is 10.1. The van der Waals surface area contributed by atoms with Crippen molar-refractivity contribution < 1.29 is 18.0 Å². The molecule has 7 nitrogen and oxygen atoms in total. The zero-order chi connectivity index (χ0) is 21.5. The van der Waals surface area contributed by atoms with Gasteiger partial charge in [-0.15, -0.1) is 0 Å². The topological polar surface area (TPSA) is 76.3 Å². The summed E-state index contributed by atoms with van der Waals surface area (Å²) in [6.45, 7) is 5.04. The Morgan fingerprint density at radius 3 is 2.81 bits per heavy atom. The first-order chi connectivity index (χ1) is 15.0. The molecule has 9 heteroatoms. The molecule has 0 bridgehead atoms. The quantitative estimate of drug-likeness (QED) is 0.500. The van der Waals surface area contributed by atoms with E-state index < -0.39 is 11.6 Å². The lowest BCUT2D eigenvalue weighted by molar-refractivity contribution is 0.287. The number of nitrogens with zero attached hydrogens (tertiary/aromatic N) is 4. The van der Waals surface area contributed by atoms with Gasteiger partial charge in [0.25, 0.3) is 0 Å². The third-order valence-electron chi connectivity index (χ3n) is 5.17. The molecule has 5 rings (SSSR count). The molecule has 4 aromatic rings. The van der Waals surface area contributed by atoms with Crippen molar-refractivity contribution in [2.75, 3.05) is 23.4 Å². The predicted octanol–water partition coefficient (Wildman–Crippen LogP) is 4.91. The molecule has 3 heterocycles. The highest BCUT2D eigenvalue weighted by Crippen LogP contribution is 2.39. The maximum absolute atomic E-state index is 14.8. The summed E-state index contributed by atoms with van der Waals surface area (Å²) in [6.07, 6.45) is 2.67. The van der Waals surface area contributed by atoms with Crippen molar-refractivity contribution in [1.29, 1.82) is 0 Å². The summed E-state index contributed by atoms with van der Waals surface area (Å²) in [4.78, 5) is 10.3. The summed E-state index contributed by atoms with van der Waals surface area (Å²) in [6, 6.07) is 8.45. The van der Waals surface area contributed by atoms with Gasteiger partial charge in [0.1, 0.15) is 12.3 Å². The smallest absolute Gasteiger partial charge is 0.227 e. The molecule has 1 aliphatic heterocycles. The van der Waals surface area contributed by atoms with Crippen LogP contribution in [0.3, 0.4) is 0 Å². The Bertz CT molecular complexity index is 1270. The van der Waals surface area contributed by atoms with Crippen LogP contribution in [0.25, 0.3) is 22.2 Å². The van der Waals surface area contributed by atoms with Crippen molar-refractivity contribution >= 4 is 28.3 Å². The van der Waals surface area contributed by atoms with Gasteiger partial charge in [-0.25, -0.2) is 18.7 Å². The Morgan fingerprint density at radius 1 is 1.10 bits per heavy atom. The van der Waals surface area contributed by atoms with Crippen LogP contribution in [0.1, 0.15) is 13.8 Å². The van der Waals surface area contributed by atoms with Crippen LogP contribution >= 0.6 is 0 Å². The summed E-state index contributed by atoms with van der Waals surface area (Å²) in [5, 5.41) is 7.62. The molecule has 2 aromatic heterocycles. The van der Waals surface area contributed by atoms with Crippen LogP contribution < -0.4 is 15.0 Å². The minimum Gasteiger partial charge on any atom is -0.486 e. The fourth-order valence-electron chi connectivity index (χ4n) is 3.67. The van der Waals surface area contributed by atoms with Crippen molar-refractivity contribution in [3.05, 3.63) is 54.4 Å². The average Bonchev–Trinajstić information content (AvgIpc) is 3.22. The Labute approximate surface area is 176 Å². The first-order valence-electron chi connectivity index (χ1n) is 9.87. The molecule has 1 N–H and O–H groups in total. The monoisotopic (exact) mass is 423 g/mol. The number of halogens is 2.